The molecule has 1 aliphatic carbocycles. The number of carbonyl (C=O) groups is 1. The third kappa shape index (κ3) is 4.31. The van der Waals surface area contributed by atoms with Gasteiger partial charge in [0.15, 0.2) is 0 Å². The molecule has 0 spiro atoms. The van der Waals surface area contributed by atoms with Crippen molar-refractivity contribution in [3.63, 3.8) is 0 Å². The predicted molar refractivity (Wildman–Crippen MR) is 84.4 cm³/mol. The lowest BCUT2D eigenvalue weighted by atomic mass is 9.78. The highest BCUT2D eigenvalue weighted by molar-refractivity contribution is 5.85. The minimum atomic E-state index is -0.447. The van der Waals surface area contributed by atoms with Gasteiger partial charge in [0.25, 0.3) is 0 Å². The van der Waals surface area contributed by atoms with Gasteiger partial charge in [-0.25, -0.2) is 0 Å². The maximum atomic E-state index is 12.5. The quantitative estimate of drug-likeness (QED) is 0.687. The average molecular weight is 321 g/mol. The highest BCUT2D eigenvalue weighted by Crippen LogP contribution is 2.40. The second-order valence-corrected chi connectivity index (χ2v) is 6.46. The summed E-state index contributed by atoms with van der Waals surface area (Å²) in [5.41, 5.74) is 5.51. The third-order valence-electron chi connectivity index (χ3n) is 5.25. The molecule has 1 heterocycles. The Morgan fingerprint density at radius 2 is 1.81 bits per heavy atom. The van der Waals surface area contributed by atoms with Gasteiger partial charge in [-0.1, -0.05) is 12.8 Å². The Morgan fingerprint density at radius 3 is 2.33 bits per heavy atom. The van der Waals surface area contributed by atoms with Crippen LogP contribution in [0.1, 0.15) is 44.9 Å². The molecule has 0 bridgehead atoms. The van der Waals surface area contributed by atoms with Crippen LogP contribution in [0.5, 0.6) is 0 Å². The van der Waals surface area contributed by atoms with Crippen LogP contribution in [-0.2, 0) is 9.53 Å². The highest BCUT2D eigenvalue weighted by Gasteiger charge is 2.40. The lowest BCUT2D eigenvalue weighted by molar-refractivity contribution is -0.136. The maximum absolute atomic E-state index is 12.5. The molecule has 4 N–H and O–H groups in total. The lowest BCUT2D eigenvalue weighted by Gasteiger charge is -2.36. The Hall–Kier alpha value is -0.360. The predicted octanol–water partition coefficient (Wildman–Crippen LogP) is 1.22. The minimum Gasteiger partial charge on any atom is -0.396 e. The van der Waals surface area contributed by atoms with E-state index in [1.165, 1.54) is 12.8 Å². The van der Waals surface area contributed by atoms with Gasteiger partial charge in [-0.05, 0) is 37.5 Å². The Bertz CT molecular complexity index is 327. The molecular formula is C15H29ClN2O3. The summed E-state index contributed by atoms with van der Waals surface area (Å²) in [5, 5.41) is 12.4. The summed E-state index contributed by atoms with van der Waals surface area (Å²) in [6, 6.07) is 0. The molecule has 1 saturated carbocycles. The van der Waals surface area contributed by atoms with E-state index in [-0.39, 0.29) is 30.3 Å². The molecule has 1 saturated heterocycles. The summed E-state index contributed by atoms with van der Waals surface area (Å²) in [5.74, 6) is 0.0764. The minimum absolute atomic E-state index is 0. The van der Waals surface area contributed by atoms with E-state index in [0.717, 1.165) is 19.3 Å². The van der Waals surface area contributed by atoms with Gasteiger partial charge in [0.05, 0.1) is 5.41 Å². The average Bonchev–Trinajstić information content (AvgIpc) is 2.95. The van der Waals surface area contributed by atoms with Crippen LogP contribution in [0.25, 0.3) is 0 Å². The Labute approximate surface area is 133 Å². The van der Waals surface area contributed by atoms with Gasteiger partial charge in [0.2, 0.25) is 5.91 Å². The first-order chi connectivity index (χ1) is 9.66. The molecule has 2 rings (SSSR count). The molecule has 1 amide bonds. The van der Waals surface area contributed by atoms with E-state index < -0.39 is 5.41 Å². The number of carbonyl (C=O) groups excluding carboxylic acids is 1. The number of nitrogens with one attached hydrogen (secondary N) is 1. The molecule has 0 unspecified atom stereocenters. The van der Waals surface area contributed by atoms with Crippen molar-refractivity contribution >= 4 is 18.3 Å². The first-order valence-corrected chi connectivity index (χ1v) is 7.83. The van der Waals surface area contributed by atoms with Crippen LogP contribution in [0.4, 0.5) is 0 Å². The van der Waals surface area contributed by atoms with Crippen molar-refractivity contribution in [3.05, 3.63) is 0 Å². The molecule has 6 heteroatoms. The third-order valence-corrected chi connectivity index (χ3v) is 5.25. The van der Waals surface area contributed by atoms with Gasteiger partial charge >= 0.3 is 0 Å². The zero-order chi connectivity index (χ0) is 14.5. The number of ether oxygens (including phenoxy) is 1. The van der Waals surface area contributed by atoms with E-state index in [2.05, 4.69) is 5.32 Å². The number of hydrogen-bond acceptors (Lipinski definition) is 4. The van der Waals surface area contributed by atoms with Crippen molar-refractivity contribution in [2.45, 2.75) is 44.9 Å². The molecule has 124 valence electrons. The molecule has 1 aliphatic heterocycles. The Balaban J connectivity index is 0.00000220. The molecule has 0 aromatic heterocycles. The van der Waals surface area contributed by atoms with Gasteiger partial charge < -0.3 is 20.9 Å². The Morgan fingerprint density at radius 1 is 1.19 bits per heavy atom. The zero-order valence-corrected chi connectivity index (χ0v) is 13.6. The SMILES string of the molecule is Cl.NCC1(C(=O)NCC2(CCO)CCCC2)CCOCC1. The fourth-order valence-electron chi connectivity index (χ4n) is 3.62. The molecule has 0 aromatic rings. The van der Waals surface area contributed by atoms with Gasteiger partial charge in [-0.3, -0.25) is 4.79 Å². The Kier molecular flexibility index (Phi) is 7.40. The second kappa shape index (κ2) is 8.32. The van der Waals surface area contributed by atoms with Crippen molar-refractivity contribution in [1.29, 1.82) is 0 Å². The van der Waals surface area contributed by atoms with Crippen molar-refractivity contribution in [2.75, 3.05) is 32.9 Å². The van der Waals surface area contributed by atoms with Crippen molar-refractivity contribution in [1.82, 2.24) is 5.32 Å². The second-order valence-electron chi connectivity index (χ2n) is 6.46. The highest BCUT2D eigenvalue weighted by atomic mass is 35.5. The maximum Gasteiger partial charge on any atom is 0.227 e. The number of nitrogens with two attached hydrogens (primary N) is 1. The number of aliphatic hydroxyl groups is 1. The number of rotatable bonds is 6. The summed E-state index contributed by atoms with van der Waals surface area (Å²) in [6.07, 6.45) is 6.81. The number of aliphatic hydroxyl groups excluding tert-OH is 1. The van der Waals surface area contributed by atoms with Crippen LogP contribution in [0.15, 0.2) is 0 Å². The van der Waals surface area contributed by atoms with Gasteiger partial charge in [-0.15, -0.1) is 12.4 Å². The van der Waals surface area contributed by atoms with E-state index >= 15 is 0 Å². The van der Waals surface area contributed by atoms with Crippen LogP contribution < -0.4 is 11.1 Å². The summed E-state index contributed by atoms with van der Waals surface area (Å²) in [6.45, 7) is 2.49. The number of halogens is 1. The van der Waals surface area contributed by atoms with Gasteiger partial charge in [0, 0.05) is 32.9 Å². The first kappa shape index (κ1) is 18.7. The van der Waals surface area contributed by atoms with Crippen molar-refractivity contribution < 1.29 is 14.6 Å². The summed E-state index contributed by atoms with van der Waals surface area (Å²) < 4.78 is 5.34. The molecule has 5 nitrogen and oxygen atoms in total. The van der Waals surface area contributed by atoms with Crippen LogP contribution >= 0.6 is 12.4 Å². The number of amides is 1. The topological polar surface area (TPSA) is 84.6 Å². The van der Waals surface area contributed by atoms with Crippen LogP contribution in [0.2, 0.25) is 0 Å². The van der Waals surface area contributed by atoms with Gasteiger partial charge in [0.1, 0.15) is 0 Å². The van der Waals surface area contributed by atoms with Crippen LogP contribution in [0.3, 0.4) is 0 Å². The summed E-state index contributed by atoms with van der Waals surface area (Å²) in [7, 11) is 0. The normalized spacial score (nSPS) is 23.3. The molecule has 0 atom stereocenters. The zero-order valence-electron chi connectivity index (χ0n) is 12.7. The molecule has 21 heavy (non-hydrogen) atoms. The molecule has 0 aromatic carbocycles. The van der Waals surface area contributed by atoms with Crippen molar-refractivity contribution in [2.24, 2.45) is 16.6 Å². The summed E-state index contributed by atoms with van der Waals surface area (Å²) >= 11 is 0. The lowest BCUT2D eigenvalue weighted by Crippen LogP contribution is -2.51. The summed E-state index contributed by atoms with van der Waals surface area (Å²) in [4.78, 5) is 12.5. The van der Waals surface area contributed by atoms with Crippen molar-refractivity contribution in [3.8, 4) is 0 Å². The monoisotopic (exact) mass is 320 g/mol. The standard InChI is InChI=1S/C15H28N2O3.ClH/c16-11-15(6-9-20-10-7-15)13(19)17-12-14(5-8-18)3-1-2-4-14;/h18H,1-12,16H2,(H,17,19);1H. The molecule has 2 aliphatic rings. The van der Waals surface area contributed by atoms with Gasteiger partial charge in [-0.2, -0.15) is 0 Å². The fourth-order valence-corrected chi connectivity index (χ4v) is 3.62. The fraction of sp³-hybridized carbons (Fsp3) is 0.933. The van der Waals surface area contributed by atoms with E-state index in [9.17, 15) is 9.90 Å². The van der Waals surface area contributed by atoms with E-state index in [4.69, 9.17) is 10.5 Å². The molecule has 0 radical (unpaired) electrons. The first-order valence-electron chi connectivity index (χ1n) is 7.83. The smallest absolute Gasteiger partial charge is 0.227 e. The van der Waals surface area contributed by atoms with E-state index in [1.807, 2.05) is 0 Å². The number of hydrogen-bond donors (Lipinski definition) is 3. The molecule has 2 fully saturated rings. The largest absolute Gasteiger partial charge is 0.396 e. The molecular weight excluding hydrogens is 292 g/mol. The van der Waals surface area contributed by atoms with Crippen LogP contribution in [-0.4, -0.2) is 43.9 Å². The van der Waals surface area contributed by atoms with Crippen LogP contribution in [0, 0.1) is 10.8 Å². The van der Waals surface area contributed by atoms with E-state index in [0.29, 0.717) is 39.1 Å². The van der Waals surface area contributed by atoms with E-state index in [1.54, 1.807) is 0 Å².